The molecule has 2 aliphatic rings. The molecule has 1 saturated heterocycles. The maximum absolute atomic E-state index is 12.3. The number of nitrogens with one attached hydrogen (secondary N) is 1. The lowest BCUT2D eigenvalue weighted by atomic mass is 9.85. The van der Waals surface area contributed by atoms with Crippen LogP contribution in [-0.2, 0) is 14.3 Å². The van der Waals surface area contributed by atoms with Crippen molar-refractivity contribution in [2.45, 2.75) is 50.7 Å². The normalized spacial score (nSPS) is 27.3. The molecule has 1 heterocycles. The largest absolute Gasteiger partial charge is 0.381 e. The van der Waals surface area contributed by atoms with E-state index < -0.39 is 0 Å². The number of para-hydroxylation sites is 1. The number of methoxy groups -OCH3 is 1. The number of nitrogens with zero attached hydrogens (tertiary/aromatic N) is 1. The first-order valence-corrected chi connectivity index (χ1v) is 8.83. The highest BCUT2D eigenvalue weighted by Gasteiger charge is 2.32. The van der Waals surface area contributed by atoms with Crippen LogP contribution >= 0.6 is 0 Å². The van der Waals surface area contributed by atoms with E-state index in [0.29, 0.717) is 31.4 Å². The first-order chi connectivity index (χ1) is 11.7. The van der Waals surface area contributed by atoms with Gasteiger partial charge in [0.25, 0.3) is 0 Å². The van der Waals surface area contributed by atoms with E-state index in [1.807, 2.05) is 30.3 Å². The Labute approximate surface area is 143 Å². The van der Waals surface area contributed by atoms with Gasteiger partial charge in [0, 0.05) is 32.2 Å². The third kappa shape index (κ3) is 4.15. The van der Waals surface area contributed by atoms with Crippen molar-refractivity contribution in [3.8, 4) is 0 Å². The zero-order valence-electron chi connectivity index (χ0n) is 14.2. The molecule has 1 aromatic carbocycles. The molecule has 1 unspecified atom stereocenters. The molecule has 130 valence electrons. The van der Waals surface area contributed by atoms with Gasteiger partial charge in [0.1, 0.15) is 0 Å². The van der Waals surface area contributed by atoms with E-state index in [-0.39, 0.29) is 17.9 Å². The second-order valence-corrected chi connectivity index (χ2v) is 6.89. The Morgan fingerprint density at radius 3 is 2.58 bits per heavy atom. The van der Waals surface area contributed by atoms with Crippen LogP contribution in [0.5, 0.6) is 0 Å². The Morgan fingerprint density at radius 2 is 1.92 bits per heavy atom. The van der Waals surface area contributed by atoms with E-state index in [4.69, 9.17) is 4.74 Å². The van der Waals surface area contributed by atoms with Gasteiger partial charge < -0.3 is 15.0 Å². The predicted octanol–water partition coefficient (Wildman–Crippen LogP) is 2.50. The molecule has 0 radical (unpaired) electrons. The summed E-state index contributed by atoms with van der Waals surface area (Å²) < 4.78 is 5.37. The van der Waals surface area contributed by atoms with Crippen molar-refractivity contribution in [2.24, 2.45) is 5.92 Å². The number of rotatable bonds is 5. The first-order valence-electron chi connectivity index (χ1n) is 8.83. The Bertz CT molecular complexity index is 567. The van der Waals surface area contributed by atoms with Gasteiger partial charge in [-0.25, -0.2) is 0 Å². The molecule has 0 spiro atoms. The average molecular weight is 330 g/mol. The van der Waals surface area contributed by atoms with Crippen LogP contribution in [0.1, 0.15) is 38.5 Å². The minimum atomic E-state index is -0.0829. The highest BCUT2D eigenvalue weighted by Crippen LogP contribution is 2.28. The molecule has 5 heteroatoms. The fourth-order valence-electron chi connectivity index (χ4n) is 3.78. The second kappa shape index (κ2) is 7.79. The molecule has 1 aliphatic heterocycles. The van der Waals surface area contributed by atoms with Gasteiger partial charge in [-0.3, -0.25) is 9.59 Å². The van der Waals surface area contributed by atoms with Crippen molar-refractivity contribution < 1.29 is 14.3 Å². The van der Waals surface area contributed by atoms with Crippen LogP contribution in [0.2, 0.25) is 0 Å². The Balaban J connectivity index is 1.47. The lowest BCUT2D eigenvalue weighted by Gasteiger charge is -2.27. The van der Waals surface area contributed by atoms with Crippen LogP contribution in [0.4, 0.5) is 5.69 Å². The third-order valence-electron chi connectivity index (χ3n) is 5.16. The van der Waals surface area contributed by atoms with E-state index in [9.17, 15) is 9.59 Å². The maximum Gasteiger partial charge on any atom is 0.229 e. The molecule has 1 atom stereocenters. The van der Waals surface area contributed by atoms with Crippen LogP contribution in [-0.4, -0.2) is 37.6 Å². The van der Waals surface area contributed by atoms with Gasteiger partial charge >= 0.3 is 0 Å². The molecule has 2 amide bonds. The molecule has 0 bridgehead atoms. The monoisotopic (exact) mass is 330 g/mol. The number of carbonyl (C=O) groups excluding carboxylic acids is 2. The Hall–Kier alpha value is -1.88. The molecular formula is C19H26N2O3. The van der Waals surface area contributed by atoms with Gasteiger partial charge in [-0.15, -0.1) is 0 Å². The van der Waals surface area contributed by atoms with E-state index in [0.717, 1.165) is 31.4 Å². The molecule has 1 aromatic rings. The van der Waals surface area contributed by atoms with Crippen molar-refractivity contribution in [2.75, 3.05) is 18.6 Å². The molecule has 3 rings (SSSR count). The van der Waals surface area contributed by atoms with Crippen LogP contribution in [0.3, 0.4) is 0 Å². The molecule has 5 nitrogen and oxygen atoms in total. The average Bonchev–Trinajstić information content (AvgIpc) is 2.96. The number of hydrogen-bond donors (Lipinski definition) is 1. The van der Waals surface area contributed by atoms with Gasteiger partial charge in [-0.2, -0.15) is 0 Å². The second-order valence-electron chi connectivity index (χ2n) is 6.89. The highest BCUT2D eigenvalue weighted by atomic mass is 16.5. The highest BCUT2D eigenvalue weighted by molar-refractivity contribution is 5.96. The van der Waals surface area contributed by atoms with E-state index in [2.05, 4.69) is 5.32 Å². The Morgan fingerprint density at radius 1 is 1.21 bits per heavy atom. The summed E-state index contributed by atoms with van der Waals surface area (Å²) in [5.74, 6) is 0.592. The standard InChI is InChI=1S/C19H26N2O3/c1-24-17-9-7-14(8-10-17)11-18(22)20-15-12-19(23)21(13-15)16-5-3-2-4-6-16/h2-6,14-15,17H,7-13H2,1H3,(H,20,22). The third-order valence-corrected chi connectivity index (χ3v) is 5.16. The van der Waals surface area contributed by atoms with Crippen LogP contribution in [0.25, 0.3) is 0 Å². The predicted molar refractivity (Wildman–Crippen MR) is 92.7 cm³/mol. The van der Waals surface area contributed by atoms with Gasteiger partial charge in [0.2, 0.25) is 11.8 Å². The van der Waals surface area contributed by atoms with Crippen LogP contribution in [0.15, 0.2) is 30.3 Å². The Kier molecular flexibility index (Phi) is 5.51. The quantitative estimate of drug-likeness (QED) is 0.902. The number of anilines is 1. The zero-order valence-corrected chi connectivity index (χ0v) is 14.2. The smallest absolute Gasteiger partial charge is 0.229 e. The number of ether oxygens (including phenoxy) is 1. The summed E-state index contributed by atoms with van der Waals surface area (Å²) in [7, 11) is 1.76. The number of carbonyl (C=O) groups is 2. The summed E-state index contributed by atoms with van der Waals surface area (Å²) in [6.45, 7) is 0.561. The fraction of sp³-hybridized carbons (Fsp3) is 0.579. The minimum Gasteiger partial charge on any atom is -0.381 e. The molecule has 24 heavy (non-hydrogen) atoms. The number of benzene rings is 1. The first kappa shape index (κ1) is 17.0. The summed E-state index contributed by atoms with van der Waals surface area (Å²) in [6.07, 6.45) is 5.48. The molecule has 0 aromatic heterocycles. The molecule has 1 aliphatic carbocycles. The van der Waals surface area contributed by atoms with Gasteiger partial charge in [0.15, 0.2) is 0 Å². The molecule has 1 saturated carbocycles. The van der Waals surface area contributed by atoms with Crippen molar-refractivity contribution in [1.29, 1.82) is 0 Å². The van der Waals surface area contributed by atoms with Crippen LogP contribution in [0, 0.1) is 5.92 Å². The molecular weight excluding hydrogens is 304 g/mol. The van der Waals surface area contributed by atoms with E-state index >= 15 is 0 Å². The summed E-state index contributed by atoms with van der Waals surface area (Å²) in [5, 5.41) is 3.05. The summed E-state index contributed by atoms with van der Waals surface area (Å²) in [5.41, 5.74) is 0.900. The lowest BCUT2D eigenvalue weighted by molar-refractivity contribution is -0.123. The maximum atomic E-state index is 12.3. The zero-order chi connectivity index (χ0) is 16.9. The minimum absolute atomic E-state index is 0.0728. The van der Waals surface area contributed by atoms with Gasteiger partial charge in [-0.1, -0.05) is 18.2 Å². The van der Waals surface area contributed by atoms with Crippen molar-refractivity contribution in [3.63, 3.8) is 0 Å². The number of amides is 2. The summed E-state index contributed by atoms with van der Waals surface area (Å²) in [4.78, 5) is 26.2. The van der Waals surface area contributed by atoms with Crippen LogP contribution < -0.4 is 10.2 Å². The van der Waals surface area contributed by atoms with E-state index in [1.165, 1.54) is 0 Å². The van der Waals surface area contributed by atoms with Gasteiger partial charge in [0.05, 0.1) is 12.1 Å². The summed E-state index contributed by atoms with van der Waals surface area (Å²) >= 11 is 0. The number of hydrogen-bond acceptors (Lipinski definition) is 3. The topological polar surface area (TPSA) is 58.6 Å². The summed E-state index contributed by atoms with van der Waals surface area (Å²) in [6, 6.07) is 9.55. The molecule has 2 fully saturated rings. The van der Waals surface area contributed by atoms with Crippen molar-refractivity contribution in [3.05, 3.63) is 30.3 Å². The fourth-order valence-corrected chi connectivity index (χ4v) is 3.78. The van der Waals surface area contributed by atoms with Gasteiger partial charge in [-0.05, 0) is 43.7 Å². The molecule has 1 N–H and O–H groups in total. The van der Waals surface area contributed by atoms with E-state index in [1.54, 1.807) is 12.0 Å². The SMILES string of the molecule is COC1CCC(CC(=O)NC2CC(=O)N(c3ccccc3)C2)CC1. The van der Waals surface area contributed by atoms with Crippen molar-refractivity contribution >= 4 is 17.5 Å². The lowest BCUT2D eigenvalue weighted by Crippen LogP contribution is -2.38. The van der Waals surface area contributed by atoms with Crippen molar-refractivity contribution in [1.82, 2.24) is 5.32 Å².